The molecular formula is C14H29NO3S. The van der Waals surface area contributed by atoms with E-state index in [1.807, 2.05) is 0 Å². The summed E-state index contributed by atoms with van der Waals surface area (Å²) in [5.41, 5.74) is 0.330. The maximum absolute atomic E-state index is 11.5. The van der Waals surface area contributed by atoms with Crippen LogP contribution in [0.15, 0.2) is 0 Å². The minimum absolute atomic E-state index is 0.270. The summed E-state index contributed by atoms with van der Waals surface area (Å²) in [4.78, 5) is 0. The molecule has 114 valence electrons. The first kappa shape index (κ1) is 16.9. The van der Waals surface area contributed by atoms with Crippen molar-refractivity contribution in [3.05, 3.63) is 0 Å². The molecule has 0 atom stereocenters. The van der Waals surface area contributed by atoms with Crippen molar-refractivity contribution in [3.8, 4) is 0 Å². The second-order valence-corrected chi connectivity index (χ2v) is 8.19. The van der Waals surface area contributed by atoms with Crippen molar-refractivity contribution in [2.24, 2.45) is 5.41 Å². The summed E-state index contributed by atoms with van der Waals surface area (Å²) in [6.07, 6.45) is 6.88. The Labute approximate surface area is 118 Å². The van der Waals surface area contributed by atoms with Crippen molar-refractivity contribution in [2.45, 2.75) is 45.4 Å². The summed E-state index contributed by atoms with van der Waals surface area (Å²) in [6.45, 7) is 4.35. The minimum atomic E-state index is -2.81. The summed E-state index contributed by atoms with van der Waals surface area (Å²) >= 11 is 0. The van der Waals surface area contributed by atoms with Crippen LogP contribution in [0, 0.1) is 5.41 Å². The quantitative estimate of drug-likeness (QED) is 0.626. The van der Waals surface area contributed by atoms with E-state index in [-0.39, 0.29) is 5.75 Å². The van der Waals surface area contributed by atoms with Gasteiger partial charge >= 0.3 is 0 Å². The highest BCUT2D eigenvalue weighted by atomic mass is 32.2. The van der Waals surface area contributed by atoms with Gasteiger partial charge in [-0.15, -0.1) is 0 Å². The van der Waals surface area contributed by atoms with Gasteiger partial charge in [0.2, 0.25) is 0 Å². The predicted molar refractivity (Wildman–Crippen MR) is 79.2 cm³/mol. The monoisotopic (exact) mass is 291 g/mol. The van der Waals surface area contributed by atoms with Gasteiger partial charge in [0.1, 0.15) is 9.84 Å². The zero-order valence-corrected chi connectivity index (χ0v) is 13.2. The normalized spacial score (nSPS) is 18.8. The number of rotatable bonds is 10. The fraction of sp³-hybridized carbons (Fsp3) is 1.00. The molecule has 1 rings (SSSR count). The van der Waals surface area contributed by atoms with Gasteiger partial charge in [-0.1, -0.05) is 19.8 Å². The first-order valence-electron chi connectivity index (χ1n) is 7.44. The molecule has 0 unspecified atom stereocenters. The minimum Gasteiger partial charge on any atom is -0.383 e. The van der Waals surface area contributed by atoms with Crippen LogP contribution in [0.4, 0.5) is 0 Å². The number of methoxy groups -OCH3 is 1. The molecule has 4 nitrogen and oxygen atoms in total. The van der Waals surface area contributed by atoms with Gasteiger partial charge in [-0.3, -0.25) is 0 Å². The van der Waals surface area contributed by atoms with E-state index in [4.69, 9.17) is 4.74 Å². The second kappa shape index (κ2) is 8.22. The van der Waals surface area contributed by atoms with Crippen LogP contribution in [0.3, 0.4) is 0 Å². The molecule has 0 aromatic rings. The van der Waals surface area contributed by atoms with Gasteiger partial charge in [0.15, 0.2) is 0 Å². The first-order chi connectivity index (χ1) is 9.04. The highest BCUT2D eigenvalue weighted by Gasteiger charge is 2.33. The lowest BCUT2D eigenvalue weighted by molar-refractivity contribution is 0.187. The molecule has 0 spiro atoms. The summed E-state index contributed by atoms with van der Waals surface area (Å²) < 4.78 is 28.1. The summed E-state index contributed by atoms with van der Waals surface area (Å²) in [5.74, 6) is 0.620. The molecule has 19 heavy (non-hydrogen) atoms. The highest BCUT2D eigenvalue weighted by molar-refractivity contribution is 7.91. The van der Waals surface area contributed by atoms with E-state index in [9.17, 15) is 8.42 Å². The van der Waals surface area contributed by atoms with Crippen LogP contribution in [0.5, 0.6) is 0 Å². The second-order valence-electron chi connectivity index (χ2n) is 5.72. The summed E-state index contributed by atoms with van der Waals surface area (Å²) in [6, 6.07) is 0. The van der Waals surface area contributed by atoms with Crippen LogP contribution in [0.1, 0.15) is 45.4 Å². The van der Waals surface area contributed by atoms with Gasteiger partial charge in [0.25, 0.3) is 0 Å². The maximum atomic E-state index is 11.5. The van der Waals surface area contributed by atoms with Crippen molar-refractivity contribution in [3.63, 3.8) is 0 Å². The molecule has 0 aliphatic heterocycles. The number of ether oxygens (including phenoxy) is 1. The average Bonchev–Trinajstić information content (AvgIpc) is 2.84. The molecule has 0 bridgehead atoms. The number of nitrogens with one attached hydrogen (secondary N) is 1. The van der Waals surface area contributed by atoms with Gasteiger partial charge in [0, 0.05) is 26.0 Å². The van der Waals surface area contributed by atoms with Crippen LogP contribution >= 0.6 is 0 Å². The van der Waals surface area contributed by atoms with E-state index in [0.29, 0.717) is 11.2 Å². The van der Waals surface area contributed by atoms with E-state index in [0.717, 1.165) is 32.5 Å². The third-order valence-electron chi connectivity index (χ3n) is 4.25. The lowest BCUT2D eigenvalue weighted by atomic mass is 9.81. The molecule has 1 fully saturated rings. The average molecular weight is 291 g/mol. The Kier molecular flexibility index (Phi) is 7.32. The van der Waals surface area contributed by atoms with E-state index in [1.54, 1.807) is 14.0 Å². The molecule has 0 amide bonds. The van der Waals surface area contributed by atoms with Crippen molar-refractivity contribution < 1.29 is 13.2 Å². The molecule has 1 aliphatic rings. The van der Waals surface area contributed by atoms with Crippen LogP contribution in [0.25, 0.3) is 0 Å². The Morgan fingerprint density at radius 3 is 2.53 bits per heavy atom. The van der Waals surface area contributed by atoms with Crippen LogP contribution < -0.4 is 5.32 Å². The van der Waals surface area contributed by atoms with Gasteiger partial charge in [-0.25, -0.2) is 8.42 Å². The van der Waals surface area contributed by atoms with E-state index < -0.39 is 9.84 Å². The van der Waals surface area contributed by atoms with Crippen molar-refractivity contribution in [1.29, 1.82) is 0 Å². The lowest BCUT2D eigenvalue weighted by Gasteiger charge is -2.29. The Balaban J connectivity index is 2.35. The van der Waals surface area contributed by atoms with Crippen molar-refractivity contribution in [2.75, 3.05) is 38.3 Å². The van der Waals surface area contributed by atoms with Crippen molar-refractivity contribution in [1.82, 2.24) is 5.32 Å². The van der Waals surface area contributed by atoms with E-state index in [1.165, 1.54) is 25.7 Å². The molecular weight excluding hydrogens is 262 g/mol. The Bertz CT molecular complexity index is 335. The Morgan fingerprint density at radius 1 is 1.26 bits per heavy atom. The molecule has 0 aromatic carbocycles. The summed E-state index contributed by atoms with van der Waals surface area (Å²) in [5, 5.41) is 3.46. The molecule has 5 heteroatoms. The largest absolute Gasteiger partial charge is 0.383 e. The Hall–Kier alpha value is -0.130. The zero-order valence-electron chi connectivity index (χ0n) is 12.4. The molecule has 0 aromatic heterocycles. The smallest absolute Gasteiger partial charge is 0.150 e. The standard InChI is InChI=1S/C14H29NO3S/c1-3-19(16,17)12-6-9-14(7-4-5-8-14)13-15-10-11-18-2/h15H,3-13H2,1-2H3. The molecule has 0 radical (unpaired) electrons. The third kappa shape index (κ3) is 6.23. The molecule has 0 saturated heterocycles. The van der Waals surface area contributed by atoms with Gasteiger partial charge in [0.05, 0.1) is 12.4 Å². The van der Waals surface area contributed by atoms with Crippen LogP contribution in [-0.4, -0.2) is 46.7 Å². The third-order valence-corrected chi connectivity index (χ3v) is 6.04. The fourth-order valence-electron chi connectivity index (χ4n) is 2.98. The Morgan fingerprint density at radius 2 is 1.95 bits per heavy atom. The molecule has 1 aliphatic carbocycles. The van der Waals surface area contributed by atoms with Crippen molar-refractivity contribution >= 4 is 9.84 Å². The van der Waals surface area contributed by atoms with Crippen LogP contribution in [-0.2, 0) is 14.6 Å². The van der Waals surface area contributed by atoms with Gasteiger partial charge in [-0.05, 0) is 31.1 Å². The summed E-state index contributed by atoms with van der Waals surface area (Å²) in [7, 11) is -1.10. The SMILES string of the molecule is CCS(=O)(=O)CCCC1(CNCCOC)CCCC1. The molecule has 1 N–H and O–H groups in total. The topological polar surface area (TPSA) is 55.4 Å². The van der Waals surface area contributed by atoms with E-state index in [2.05, 4.69) is 5.32 Å². The zero-order chi connectivity index (χ0) is 14.2. The van der Waals surface area contributed by atoms with E-state index >= 15 is 0 Å². The number of hydrogen-bond acceptors (Lipinski definition) is 4. The first-order valence-corrected chi connectivity index (χ1v) is 9.26. The molecule has 0 heterocycles. The van der Waals surface area contributed by atoms with Gasteiger partial charge < -0.3 is 10.1 Å². The lowest BCUT2D eigenvalue weighted by Crippen LogP contribution is -2.34. The highest BCUT2D eigenvalue weighted by Crippen LogP contribution is 2.41. The number of sulfone groups is 1. The number of hydrogen-bond donors (Lipinski definition) is 1. The van der Waals surface area contributed by atoms with Crippen LogP contribution in [0.2, 0.25) is 0 Å². The predicted octanol–water partition coefficient (Wildman–Crippen LogP) is 2.00. The fourth-order valence-corrected chi connectivity index (χ4v) is 3.85. The van der Waals surface area contributed by atoms with Gasteiger partial charge in [-0.2, -0.15) is 0 Å². The maximum Gasteiger partial charge on any atom is 0.150 e. The molecule has 1 saturated carbocycles.